The first kappa shape index (κ1) is 59.3. The third-order valence-electron chi connectivity index (χ3n) is 12.5. The molecule has 5 aromatic rings. The maximum Gasteiger partial charge on any atom is 0.326 e. The second kappa shape index (κ2) is 30.1. The van der Waals surface area contributed by atoms with Crippen LogP contribution < -0.4 is 49.1 Å². The Morgan fingerprint density at radius 2 is 0.740 bits per heavy atom. The molecular formula is C54H69N11O12. The van der Waals surface area contributed by atoms with Gasteiger partial charge in [0, 0.05) is 31.9 Å². The van der Waals surface area contributed by atoms with Gasteiger partial charge in [-0.15, -0.1) is 0 Å². The Hall–Kier alpha value is -8.54. The minimum atomic E-state index is -1.47. The van der Waals surface area contributed by atoms with Gasteiger partial charge in [0.1, 0.15) is 59.2 Å². The van der Waals surface area contributed by atoms with E-state index in [0.717, 1.165) is 0 Å². The number of aliphatic carboxylic acids is 1. The second-order valence-electron chi connectivity index (χ2n) is 18.6. The fraction of sp³-hybridized carbons (Fsp3) is 0.370. The molecule has 5 rings (SSSR count). The monoisotopic (exact) mass is 1060 g/mol. The zero-order chi connectivity index (χ0) is 55.9. The number of imidazole rings is 1. The molecule has 0 saturated carbocycles. The quantitative estimate of drug-likeness (QED) is 0.0266. The third kappa shape index (κ3) is 19.9. The van der Waals surface area contributed by atoms with Gasteiger partial charge in [0.2, 0.25) is 35.4 Å². The number of rotatable bonds is 31. The van der Waals surface area contributed by atoms with Crippen LogP contribution in [-0.2, 0) is 65.7 Å². The molecule has 77 heavy (non-hydrogen) atoms. The van der Waals surface area contributed by atoms with Crippen molar-refractivity contribution in [1.29, 1.82) is 0 Å². The number of carboxylic acid groups (broad SMARTS) is 1. The van der Waals surface area contributed by atoms with Gasteiger partial charge >= 0.3 is 5.97 Å². The smallest absolute Gasteiger partial charge is 0.326 e. The lowest BCUT2D eigenvalue weighted by Crippen LogP contribution is -2.60. The molecule has 0 bridgehead atoms. The molecule has 0 aliphatic carbocycles. The van der Waals surface area contributed by atoms with Crippen molar-refractivity contribution >= 4 is 41.4 Å². The number of carbonyl (C=O) groups is 7. The number of carboxylic acids is 1. The Balaban J connectivity index is 1.38. The number of phenols is 4. The van der Waals surface area contributed by atoms with Crippen molar-refractivity contribution in [3.05, 3.63) is 138 Å². The average Bonchev–Trinajstić information content (AvgIpc) is 3.93. The van der Waals surface area contributed by atoms with E-state index in [2.05, 4.69) is 41.9 Å². The maximum absolute atomic E-state index is 14.5. The number of hydrogen-bond acceptors (Lipinski definition) is 15. The number of amides is 6. The van der Waals surface area contributed by atoms with Crippen LogP contribution in [0, 0.1) is 0 Å². The molecule has 0 radical (unpaired) electrons. The van der Waals surface area contributed by atoms with E-state index in [-0.39, 0.29) is 81.0 Å². The van der Waals surface area contributed by atoms with Crippen LogP contribution in [0.15, 0.2) is 110 Å². The summed E-state index contributed by atoms with van der Waals surface area (Å²) in [7, 11) is 0. The number of benzene rings is 4. The molecular weight excluding hydrogens is 995 g/mol. The zero-order valence-corrected chi connectivity index (χ0v) is 42.4. The summed E-state index contributed by atoms with van der Waals surface area (Å²) in [5.41, 5.74) is 20.4. The summed E-state index contributed by atoms with van der Waals surface area (Å²) in [6, 6.07) is 14.2. The number of aromatic amines is 1. The molecule has 412 valence electrons. The van der Waals surface area contributed by atoms with Crippen molar-refractivity contribution in [1.82, 2.24) is 41.9 Å². The summed E-state index contributed by atoms with van der Waals surface area (Å²) in [5.74, 6) is -6.32. The van der Waals surface area contributed by atoms with Gasteiger partial charge in [-0.1, -0.05) is 48.5 Å². The number of aromatic hydroxyl groups is 4. The van der Waals surface area contributed by atoms with Crippen molar-refractivity contribution in [3.8, 4) is 23.0 Å². The van der Waals surface area contributed by atoms with Gasteiger partial charge in [-0.2, -0.15) is 0 Å². The van der Waals surface area contributed by atoms with Gasteiger partial charge in [0.15, 0.2) is 0 Å². The summed E-state index contributed by atoms with van der Waals surface area (Å²) in [6.07, 6.45) is 3.90. The Morgan fingerprint density at radius 1 is 0.429 bits per heavy atom. The molecule has 4 aromatic carbocycles. The Morgan fingerprint density at radius 3 is 1.09 bits per heavy atom. The molecule has 0 aliphatic rings. The van der Waals surface area contributed by atoms with Crippen LogP contribution in [0.25, 0.3) is 0 Å². The number of nitrogens with two attached hydrogens (primary N) is 3. The van der Waals surface area contributed by atoms with Crippen LogP contribution in [0.4, 0.5) is 0 Å². The highest BCUT2D eigenvalue weighted by atomic mass is 16.4. The zero-order valence-electron chi connectivity index (χ0n) is 42.4. The van der Waals surface area contributed by atoms with Crippen LogP contribution in [0.5, 0.6) is 23.0 Å². The van der Waals surface area contributed by atoms with Gasteiger partial charge in [0.25, 0.3) is 0 Å². The highest BCUT2D eigenvalue weighted by Gasteiger charge is 2.34. The molecule has 0 unspecified atom stereocenters. The van der Waals surface area contributed by atoms with Crippen molar-refractivity contribution in [2.75, 3.05) is 13.1 Å². The number of unbranched alkanes of at least 4 members (excludes halogenated alkanes) is 2. The van der Waals surface area contributed by atoms with Crippen LogP contribution in [0.2, 0.25) is 0 Å². The molecule has 0 fully saturated rings. The lowest BCUT2D eigenvalue weighted by atomic mass is 10.0. The fourth-order valence-electron chi connectivity index (χ4n) is 8.18. The van der Waals surface area contributed by atoms with E-state index in [1.807, 2.05) is 0 Å². The molecule has 23 heteroatoms. The normalized spacial score (nSPS) is 13.8. The first-order chi connectivity index (χ1) is 36.9. The number of carbonyl (C=O) groups excluding carboxylic acids is 6. The minimum Gasteiger partial charge on any atom is -0.508 e. The van der Waals surface area contributed by atoms with Crippen LogP contribution >= 0.6 is 0 Å². The lowest BCUT2D eigenvalue weighted by molar-refractivity contribution is -0.142. The largest absolute Gasteiger partial charge is 0.508 e. The molecule has 1 heterocycles. The molecule has 1 aromatic heterocycles. The van der Waals surface area contributed by atoms with E-state index in [4.69, 9.17) is 17.2 Å². The lowest BCUT2D eigenvalue weighted by Gasteiger charge is -2.28. The van der Waals surface area contributed by atoms with E-state index in [1.54, 1.807) is 24.3 Å². The molecule has 6 amide bonds. The topological polar surface area (TPSA) is 400 Å². The standard InChI is InChI=1S/C54H69N11O12/c55-23-3-1-5-42(49(71)63-45(27-34-11-19-39(68)20-12-34)52(74)65-47(54(76)77)28-35-13-21-40(69)22-14-35)61-53(75)46(29-36-30-58-31-59-36)64-50(72)43(6-2-4-24-56)60-51(73)44(26-33-9-17-38(67)18-10-33)62-48(70)41(57)25-32-7-15-37(66)16-8-32/h7-22,30-31,41-47,66-69H,1-6,23-29,55-57H2,(H,58,59)(H,60,73)(H,61,75)(H,62,70)(H,63,71)(H,64,72)(H,65,74)(H,76,77)/t41-,42-,43-,44-,45-,46-,47-/m0/s1. The van der Waals surface area contributed by atoms with Gasteiger partial charge in [0.05, 0.1) is 18.1 Å². The molecule has 0 aliphatic heterocycles. The van der Waals surface area contributed by atoms with Gasteiger partial charge in [-0.3, -0.25) is 28.8 Å². The maximum atomic E-state index is 14.5. The van der Waals surface area contributed by atoms with Crippen molar-refractivity contribution in [3.63, 3.8) is 0 Å². The third-order valence-corrected chi connectivity index (χ3v) is 12.5. The summed E-state index contributed by atoms with van der Waals surface area (Å²) in [5, 5.41) is 65.5. The van der Waals surface area contributed by atoms with Gasteiger partial charge in [-0.25, -0.2) is 9.78 Å². The van der Waals surface area contributed by atoms with Crippen molar-refractivity contribution < 1.29 is 59.1 Å². The van der Waals surface area contributed by atoms with Crippen LogP contribution in [-0.4, -0.2) is 132 Å². The SMILES string of the molecule is NCCCC[C@H](NC(=O)[C@H](Cc1c[nH]cn1)NC(=O)[C@H](CCCCN)NC(=O)[C@H](Cc1ccc(O)cc1)NC(=O)[C@@H](N)Cc1ccc(O)cc1)C(=O)N[C@@H](Cc1ccc(O)cc1)C(=O)N[C@@H](Cc1ccc(O)cc1)C(=O)O. The molecule has 23 nitrogen and oxygen atoms in total. The van der Waals surface area contributed by atoms with Crippen molar-refractivity contribution in [2.45, 2.75) is 113 Å². The van der Waals surface area contributed by atoms with Gasteiger partial charge in [-0.05, 0) is 129 Å². The van der Waals surface area contributed by atoms with Crippen LogP contribution in [0.3, 0.4) is 0 Å². The number of hydrogen-bond donors (Lipinski definition) is 15. The number of nitrogens with one attached hydrogen (secondary N) is 7. The summed E-state index contributed by atoms with van der Waals surface area (Å²) in [4.78, 5) is 105. The Labute approximate surface area is 444 Å². The molecule has 7 atom stereocenters. The summed E-state index contributed by atoms with van der Waals surface area (Å²) < 4.78 is 0. The Kier molecular flexibility index (Phi) is 23.2. The average molecular weight is 1060 g/mol. The first-order valence-electron chi connectivity index (χ1n) is 25.2. The van der Waals surface area contributed by atoms with E-state index >= 15 is 0 Å². The van der Waals surface area contributed by atoms with E-state index in [0.29, 0.717) is 53.6 Å². The number of aromatic nitrogens is 2. The summed E-state index contributed by atoms with van der Waals surface area (Å²) >= 11 is 0. The highest BCUT2D eigenvalue weighted by molar-refractivity contribution is 5.97. The fourth-order valence-corrected chi connectivity index (χ4v) is 8.18. The predicted molar refractivity (Wildman–Crippen MR) is 283 cm³/mol. The minimum absolute atomic E-state index is 0.00844. The summed E-state index contributed by atoms with van der Waals surface area (Å²) in [6.45, 7) is 0.503. The molecule has 0 spiro atoms. The van der Waals surface area contributed by atoms with E-state index in [9.17, 15) is 59.1 Å². The Bertz CT molecular complexity index is 2690. The predicted octanol–water partition coefficient (Wildman–Crippen LogP) is 0.324. The number of nitrogens with zero attached hydrogens (tertiary/aromatic N) is 1. The number of H-pyrrole nitrogens is 1. The number of phenolic OH excluding ortho intramolecular Hbond substituents is 4. The van der Waals surface area contributed by atoms with Crippen LogP contribution in [0.1, 0.15) is 66.5 Å². The molecule has 18 N–H and O–H groups in total. The van der Waals surface area contributed by atoms with E-state index in [1.165, 1.54) is 85.3 Å². The van der Waals surface area contributed by atoms with Crippen molar-refractivity contribution in [2.24, 2.45) is 17.2 Å². The molecule has 0 saturated heterocycles. The first-order valence-corrected chi connectivity index (χ1v) is 25.2. The second-order valence-corrected chi connectivity index (χ2v) is 18.6. The highest BCUT2D eigenvalue weighted by Crippen LogP contribution is 2.17. The van der Waals surface area contributed by atoms with E-state index < -0.39 is 83.7 Å². The van der Waals surface area contributed by atoms with Gasteiger partial charge < -0.3 is 79.6 Å².